The fraction of sp³-hybridized carbons (Fsp3) is 0.0303. The maximum Gasteiger partial charge on any atom is 0.248 e. The topological polar surface area (TPSA) is 49.5 Å². The van der Waals surface area contributed by atoms with Gasteiger partial charge >= 0.3 is 0 Å². The van der Waals surface area contributed by atoms with Crippen LogP contribution in [0.25, 0.3) is 32.7 Å². The average Bonchev–Trinajstić information content (AvgIpc) is 3.35. The van der Waals surface area contributed by atoms with Crippen molar-refractivity contribution in [3.63, 3.8) is 0 Å². The second-order valence-electron chi connectivity index (χ2n) is 9.76. The normalized spacial score (nSPS) is 16.7. The molecule has 0 N–H and O–H groups in total. The van der Waals surface area contributed by atoms with Crippen LogP contribution in [0, 0.1) is 0 Å². The molecule has 0 saturated carbocycles. The lowest BCUT2D eigenvalue weighted by Gasteiger charge is -2.22. The van der Waals surface area contributed by atoms with Crippen molar-refractivity contribution in [3.8, 4) is 11.1 Å². The fourth-order valence-corrected chi connectivity index (χ4v) is 7.98. The van der Waals surface area contributed by atoms with E-state index in [4.69, 9.17) is 5.11 Å². The van der Waals surface area contributed by atoms with Crippen molar-refractivity contribution >= 4 is 42.8 Å². The Morgan fingerprint density at radius 1 is 0.579 bits per heavy atom. The summed E-state index contributed by atoms with van der Waals surface area (Å²) in [6, 6.07) is 39.8. The molecule has 1 atom stereocenters. The van der Waals surface area contributed by atoms with Gasteiger partial charge in [0.05, 0.1) is 26.1 Å². The van der Waals surface area contributed by atoms with Crippen molar-refractivity contribution in [1.82, 2.24) is 0 Å². The van der Waals surface area contributed by atoms with E-state index in [9.17, 15) is 8.42 Å². The average molecular weight is 510 g/mol. The van der Waals surface area contributed by atoms with Crippen LogP contribution in [0.3, 0.4) is 0 Å². The van der Waals surface area contributed by atoms with E-state index in [-0.39, 0.29) is 6.04 Å². The van der Waals surface area contributed by atoms with E-state index >= 15 is 0 Å². The number of hydrogen-bond donors (Lipinski definition) is 0. The van der Waals surface area contributed by atoms with Gasteiger partial charge in [-0.2, -0.15) is 0 Å². The Morgan fingerprint density at radius 2 is 1.16 bits per heavy atom. The predicted octanol–water partition coefficient (Wildman–Crippen LogP) is 8.34. The Hall–Kier alpha value is -4.61. The lowest BCUT2D eigenvalue weighted by Crippen LogP contribution is -2.22. The maximum absolute atomic E-state index is 13.6. The molecule has 2 aliphatic rings. The quantitative estimate of drug-likeness (QED) is 0.174. The Morgan fingerprint density at radius 3 is 1.87 bits per heavy atom. The first kappa shape index (κ1) is 21.5. The largest absolute Gasteiger partial charge is 0.248 e. The minimum atomic E-state index is -3.64. The van der Waals surface area contributed by atoms with Crippen molar-refractivity contribution in [2.24, 2.45) is 5.11 Å². The molecule has 38 heavy (non-hydrogen) atoms. The SMILES string of the molecule is O=S1(=O)c2ccccc2C2c3c(cccc31)N=[N+]2c1c2ccccc2c(-c2ccccc2)c2ccccc12. The number of sulfone groups is 1. The summed E-state index contributed by atoms with van der Waals surface area (Å²) in [4.78, 5) is 0.700. The minimum Gasteiger partial charge on any atom is -0.218 e. The van der Waals surface area contributed by atoms with Crippen LogP contribution in [0.1, 0.15) is 17.2 Å². The summed E-state index contributed by atoms with van der Waals surface area (Å²) in [5, 5.41) is 9.54. The van der Waals surface area contributed by atoms with Crippen molar-refractivity contribution < 1.29 is 13.1 Å². The number of benzene rings is 6. The number of hydrogen-bond acceptors (Lipinski definition) is 3. The molecule has 0 radical (unpaired) electrons. The minimum absolute atomic E-state index is 0.338. The Labute approximate surface area is 220 Å². The molecule has 1 unspecified atom stereocenters. The summed E-state index contributed by atoms with van der Waals surface area (Å²) in [5.41, 5.74) is 5.54. The second kappa shape index (κ2) is 7.70. The fourth-order valence-electron chi connectivity index (χ4n) is 6.23. The first-order valence-corrected chi connectivity index (χ1v) is 14.1. The monoisotopic (exact) mass is 509 g/mol. The van der Waals surface area contributed by atoms with Crippen molar-refractivity contribution in [3.05, 3.63) is 132 Å². The van der Waals surface area contributed by atoms with E-state index in [2.05, 4.69) is 77.5 Å². The van der Waals surface area contributed by atoms with Gasteiger partial charge in [-0.3, -0.25) is 0 Å². The van der Waals surface area contributed by atoms with Gasteiger partial charge in [-0.05, 0) is 52.2 Å². The van der Waals surface area contributed by atoms with Gasteiger partial charge in [0, 0.05) is 10.7 Å². The molecule has 0 aromatic heterocycles. The van der Waals surface area contributed by atoms with Crippen molar-refractivity contribution in [2.75, 3.05) is 0 Å². The summed E-state index contributed by atoms with van der Waals surface area (Å²) in [6.07, 6.45) is 0. The molecule has 2 aliphatic heterocycles. The van der Waals surface area contributed by atoms with Gasteiger partial charge in [0.25, 0.3) is 0 Å². The molecule has 2 heterocycles. The molecule has 0 amide bonds. The molecule has 4 nitrogen and oxygen atoms in total. The van der Waals surface area contributed by atoms with E-state index in [1.54, 1.807) is 24.3 Å². The lowest BCUT2D eigenvalue weighted by atomic mass is 9.89. The highest BCUT2D eigenvalue weighted by Crippen LogP contribution is 2.54. The first-order chi connectivity index (χ1) is 18.6. The summed E-state index contributed by atoms with van der Waals surface area (Å²) < 4.78 is 29.3. The molecule has 180 valence electrons. The highest BCUT2D eigenvalue weighted by molar-refractivity contribution is 7.91. The Balaban J connectivity index is 1.52. The number of azo groups is 2. The van der Waals surface area contributed by atoms with Crippen molar-refractivity contribution in [2.45, 2.75) is 15.8 Å². The molecule has 8 rings (SSSR count). The molecule has 6 aromatic carbocycles. The van der Waals surface area contributed by atoms with Crippen LogP contribution in [0.2, 0.25) is 0 Å². The zero-order valence-electron chi connectivity index (χ0n) is 20.2. The van der Waals surface area contributed by atoms with Crippen LogP contribution in [-0.4, -0.2) is 13.1 Å². The molecule has 0 spiro atoms. The van der Waals surface area contributed by atoms with Gasteiger partial charge in [0.2, 0.25) is 21.6 Å². The van der Waals surface area contributed by atoms with Crippen LogP contribution in [0.15, 0.2) is 136 Å². The molecule has 0 fully saturated rings. The molecular weight excluding hydrogens is 488 g/mol. The standard InChI is InChI=1S/C33H21N2O2S/c36-38(37)28-19-9-8-17-26(28)33-31-27(18-10-20-29(31)38)34-35(33)32-24-15-6-4-13-22(24)30(21-11-2-1-3-12-21)23-14-5-7-16-25(23)32/h1-20,33H/q+1. The molecule has 6 aromatic rings. The van der Waals surface area contributed by atoms with E-state index in [1.165, 1.54) is 5.56 Å². The van der Waals surface area contributed by atoms with Crippen molar-refractivity contribution in [1.29, 1.82) is 0 Å². The summed E-state index contributed by atoms with van der Waals surface area (Å²) in [7, 11) is -3.64. The molecule has 5 heteroatoms. The molecule has 0 saturated heterocycles. The lowest BCUT2D eigenvalue weighted by molar-refractivity contribution is -0.534. The van der Waals surface area contributed by atoms with Gasteiger partial charge in [-0.1, -0.05) is 95.7 Å². The van der Waals surface area contributed by atoms with Gasteiger partial charge in [-0.25, -0.2) is 8.42 Å². The second-order valence-corrected chi connectivity index (χ2v) is 11.6. The summed E-state index contributed by atoms with van der Waals surface area (Å²) >= 11 is 0. The highest BCUT2D eigenvalue weighted by Gasteiger charge is 2.49. The van der Waals surface area contributed by atoms with E-state index < -0.39 is 9.84 Å². The summed E-state index contributed by atoms with van der Waals surface area (Å²) in [6.45, 7) is 0. The van der Waals surface area contributed by atoms with Gasteiger partial charge < -0.3 is 0 Å². The van der Waals surface area contributed by atoms with Crippen LogP contribution < -0.4 is 0 Å². The van der Waals surface area contributed by atoms with E-state index in [0.29, 0.717) is 15.5 Å². The van der Waals surface area contributed by atoms with Gasteiger partial charge in [0.1, 0.15) is 5.69 Å². The number of rotatable bonds is 2. The third-order valence-corrected chi connectivity index (χ3v) is 9.65. The first-order valence-electron chi connectivity index (χ1n) is 12.6. The van der Waals surface area contributed by atoms with Crippen LogP contribution in [0.5, 0.6) is 0 Å². The summed E-state index contributed by atoms with van der Waals surface area (Å²) in [5.74, 6) is 0. The van der Waals surface area contributed by atoms with E-state index in [0.717, 1.165) is 43.9 Å². The predicted molar refractivity (Wildman–Crippen MR) is 149 cm³/mol. The Kier molecular flexibility index (Phi) is 4.35. The number of fused-ring (bicyclic) bond motifs is 4. The third-order valence-electron chi connectivity index (χ3n) is 7.76. The highest BCUT2D eigenvalue weighted by atomic mass is 32.2. The maximum atomic E-state index is 13.6. The smallest absolute Gasteiger partial charge is 0.218 e. The molecule has 0 bridgehead atoms. The van der Waals surface area contributed by atoms with E-state index in [1.807, 2.05) is 24.3 Å². The zero-order chi connectivity index (χ0) is 25.4. The third kappa shape index (κ3) is 2.77. The zero-order valence-corrected chi connectivity index (χ0v) is 21.1. The van der Waals surface area contributed by atoms with Gasteiger partial charge in [0.15, 0.2) is 0 Å². The van der Waals surface area contributed by atoms with Gasteiger partial charge in [-0.15, -0.1) is 0 Å². The molecular formula is C33H21N2O2S+. The Bertz CT molecular complexity index is 2040. The number of nitrogens with zero attached hydrogens (tertiary/aromatic N) is 2. The molecule has 0 aliphatic carbocycles. The van der Waals surface area contributed by atoms with Crippen LogP contribution in [-0.2, 0) is 9.84 Å². The van der Waals surface area contributed by atoms with Crippen LogP contribution >= 0.6 is 0 Å². The van der Waals surface area contributed by atoms with Crippen LogP contribution in [0.4, 0.5) is 11.4 Å².